The number of carbonyl (C=O) groups is 1. The van der Waals surface area contributed by atoms with Gasteiger partial charge in [0.05, 0.1) is 6.54 Å². The van der Waals surface area contributed by atoms with E-state index in [1.165, 1.54) is 7.05 Å². The summed E-state index contributed by atoms with van der Waals surface area (Å²) in [5, 5.41) is 6.20. The Kier molecular flexibility index (Phi) is 7.15. The smallest absolute Gasteiger partial charge is 0.352 e. The number of hydrogen-bond acceptors (Lipinski definition) is 2. The summed E-state index contributed by atoms with van der Waals surface area (Å²) < 4.78 is 36.6. The van der Waals surface area contributed by atoms with E-state index in [1.54, 1.807) is 18.2 Å². The van der Waals surface area contributed by atoms with Crippen LogP contribution < -0.4 is 10.6 Å². The van der Waals surface area contributed by atoms with Crippen LogP contribution in [0.5, 0.6) is 0 Å². The Bertz CT molecular complexity index is 563. The van der Waals surface area contributed by atoms with Gasteiger partial charge in [-0.15, -0.1) is 0 Å². The number of guanidine groups is 1. The zero-order valence-electron chi connectivity index (χ0n) is 12.7. The zero-order chi connectivity index (χ0) is 17.5. The van der Waals surface area contributed by atoms with E-state index in [0.29, 0.717) is 22.4 Å². The highest BCUT2D eigenvalue weighted by Gasteiger charge is 2.31. The van der Waals surface area contributed by atoms with E-state index in [1.807, 2.05) is 6.07 Å². The summed E-state index contributed by atoms with van der Waals surface area (Å²) in [5.41, 5.74) is 0.904. The summed E-state index contributed by atoms with van der Waals surface area (Å²) in [7, 11) is 2.59. The SMILES string of the molecule is CN=C(NCC(=O)N(C)CC(F)(F)F)NCc1cccc(Cl)c1. The molecule has 23 heavy (non-hydrogen) atoms. The summed E-state index contributed by atoms with van der Waals surface area (Å²) in [6.07, 6.45) is -4.42. The van der Waals surface area contributed by atoms with E-state index in [-0.39, 0.29) is 6.54 Å². The maximum Gasteiger partial charge on any atom is 0.406 e. The predicted molar refractivity (Wildman–Crippen MR) is 83.3 cm³/mol. The molecule has 0 heterocycles. The van der Waals surface area contributed by atoms with E-state index in [0.717, 1.165) is 12.6 Å². The lowest BCUT2D eigenvalue weighted by atomic mass is 10.2. The van der Waals surface area contributed by atoms with Gasteiger partial charge in [0.1, 0.15) is 6.54 Å². The van der Waals surface area contributed by atoms with Crippen LogP contribution in [0.15, 0.2) is 29.3 Å². The molecule has 128 valence electrons. The molecule has 0 aliphatic heterocycles. The third kappa shape index (κ3) is 7.73. The number of nitrogens with one attached hydrogen (secondary N) is 2. The molecule has 0 saturated carbocycles. The molecule has 2 N–H and O–H groups in total. The molecule has 1 rings (SSSR count). The van der Waals surface area contributed by atoms with Crippen LogP contribution in [0.1, 0.15) is 5.56 Å². The van der Waals surface area contributed by atoms with Gasteiger partial charge in [-0.2, -0.15) is 13.2 Å². The fraction of sp³-hybridized carbons (Fsp3) is 0.429. The minimum Gasteiger partial charge on any atom is -0.352 e. The van der Waals surface area contributed by atoms with E-state index in [2.05, 4.69) is 15.6 Å². The normalized spacial score (nSPS) is 12.0. The first kappa shape index (κ1) is 19.1. The van der Waals surface area contributed by atoms with Crippen LogP contribution in [0.2, 0.25) is 5.02 Å². The van der Waals surface area contributed by atoms with Crippen molar-refractivity contribution in [3.8, 4) is 0 Å². The maximum absolute atomic E-state index is 12.2. The van der Waals surface area contributed by atoms with Gasteiger partial charge in [0.15, 0.2) is 5.96 Å². The van der Waals surface area contributed by atoms with Gasteiger partial charge in [0, 0.05) is 25.7 Å². The number of amides is 1. The summed E-state index contributed by atoms with van der Waals surface area (Å²) in [4.78, 5) is 16.1. The topological polar surface area (TPSA) is 56.7 Å². The molecule has 0 saturated heterocycles. The van der Waals surface area contributed by atoms with Crippen molar-refractivity contribution in [1.82, 2.24) is 15.5 Å². The molecule has 1 amide bonds. The van der Waals surface area contributed by atoms with Crippen molar-refractivity contribution < 1.29 is 18.0 Å². The van der Waals surface area contributed by atoms with E-state index in [9.17, 15) is 18.0 Å². The molecule has 0 spiro atoms. The van der Waals surface area contributed by atoms with Crippen LogP contribution in [0.4, 0.5) is 13.2 Å². The van der Waals surface area contributed by atoms with Gasteiger partial charge in [0.2, 0.25) is 5.91 Å². The Morgan fingerprint density at radius 3 is 2.61 bits per heavy atom. The van der Waals surface area contributed by atoms with Crippen molar-refractivity contribution in [2.45, 2.75) is 12.7 Å². The molecule has 0 aromatic heterocycles. The second-order valence-corrected chi connectivity index (χ2v) is 5.21. The monoisotopic (exact) mass is 350 g/mol. The van der Waals surface area contributed by atoms with Crippen molar-refractivity contribution in [2.75, 3.05) is 27.2 Å². The molecule has 0 radical (unpaired) electrons. The number of nitrogens with zero attached hydrogens (tertiary/aromatic N) is 2. The fourth-order valence-electron chi connectivity index (χ4n) is 1.70. The van der Waals surface area contributed by atoms with Gasteiger partial charge in [-0.05, 0) is 17.7 Å². The highest BCUT2D eigenvalue weighted by Crippen LogP contribution is 2.15. The van der Waals surface area contributed by atoms with E-state index >= 15 is 0 Å². The molecule has 0 bridgehead atoms. The third-order valence-electron chi connectivity index (χ3n) is 2.82. The van der Waals surface area contributed by atoms with Crippen LogP contribution in [0, 0.1) is 0 Å². The van der Waals surface area contributed by atoms with Gasteiger partial charge < -0.3 is 15.5 Å². The lowest BCUT2D eigenvalue weighted by Crippen LogP contribution is -2.45. The molecule has 0 atom stereocenters. The number of carbonyl (C=O) groups excluding carboxylic acids is 1. The van der Waals surface area contributed by atoms with Crippen molar-refractivity contribution in [3.63, 3.8) is 0 Å². The van der Waals surface area contributed by atoms with Gasteiger partial charge in [-0.25, -0.2) is 0 Å². The molecule has 0 fully saturated rings. The first-order valence-corrected chi connectivity index (χ1v) is 7.09. The standard InChI is InChI=1S/C14H18ClF3N4O/c1-19-13(20-7-10-4-3-5-11(15)6-10)21-8-12(23)22(2)9-14(16,17)18/h3-6H,7-9H2,1-2H3,(H2,19,20,21). The van der Waals surface area contributed by atoms with Crippen molar-refractivity contribution >= 4 is 23.5 Å². The molecular formula is C14H18ClF3N4O. The number of hydrogen-bond donors (Lipinski definition) is 2. The molecule has 0 aliphatic carbocycles. The van der Waals surface area contributed by atoms with Crippen LogP contribution in [0.3, 0.4) is 0 Å². The van der Waals surface area contributed by atoms with E-state index in [4.69, 9.17) is 11.6 Å². The average Bonchev–Trinajstić information content (AvgIpc) is 2.45. The van der Waals surface area contributed by atoms with Crippen molar-refractivity contribution in [3.05, 3.63) is 34.9 Å². The molecule has 1 aromatic carbocycles. The molecule has 1 aromatic rings. The lowest BCUT2D eigenvalue weighted by Gasteiger charge is -2.20. The molecule has 5 nitrogen and oxygen atoms in total. The zero-order valence-corrected chi connectivity index (χ0v) is 13.5. The number of alkyl halides is 3. The maximum atomic E-state index is 12.2. The number of halogens is 4. The number of benzene rings is 1. The minimum absolute atomic E-state index is 0.290. The second-order valence-electron chi connectivity index (χ2n) is 4.77. The second kappa shape index (κ2) is 8.61. The fourth-order valence-corrected chi connectivity index (χ4v) is 1.92. The summed E-state index contributed by atoms with van der Waals surface area (Å²) >= 11 is 5.87. The highest BCUT2D eigenvalue weighted by molar-refractivity contribution is 6.30. The summed E-state index contributed by atoms with van der Waals surface area (Å²) in [6, 6.07) is 7.16. The summed E-state index contributed by atoms with van der Waals surface area (Å²) in [6.45, 7) is -1.17. The Hall–Kier alpha value is -1.96. The Balaban J connectivity index is 2.43. The van der Waals surface area contributed by atoms with Crippen molar-refractivity contribution in [2.24, 2.45) is 4.99 Å². The number of likely N-dealkylation sites (N-methyl/N-ethyl adjacent to an activating group) is 1. The molecular weight excluding hydrogens is 333 g/mol. The Morgan fingerprint density at radius 1 is 1.35 bits per heavy atom. The minimum atomic E-state index is -4.42. The molecule has 0 aliphatic rings. The highest BCUT2D eigenvalue weighted by atomic mass is 35.5. The van der Waals surface area contributed by atoms with Crippen LogP contribution >= 0.6 is 11.6 Å². The first-order chi connectivity index (χ1) is 10.7. The molecule has 9 heteroatoms. The van der Waals surface area contributed by atoms with Gasteiger partial charge in [-0.1, -0.05) is 23.7 Å². The largest absolute Gasteiger partial charge is 0.406 e. The summed E-state index contributed by atoms with van der Waals surface area (Å²) in [5.74, 6) is -0.383. The van der Waals surface area contributed by atoms with Crippen LogP contribution in [-0.2, 0) is 11.3 Å². The average molecular weight is 351 g/mol. The van der Waals surface area contributed by atoms with Crippen molar-refractivity contribution in [1.29, 1.82) is 0 Å². The van der Waals surface area contributed by atoms with E-state index < -0.39 is 18.6 Å². The first-order valence-electron chi connectivity index (χ1n) is 6.71. The predicted octanol–water partition coefficient (Wildman–Crippen LogP) is 2.03. The Labute approximate surface area is 137 Å². The number of aliphatic imine (C=N–C) groups is 1. The van der Waals surface area contributed by atoms with Gasteiger partial charge >= 0.3 is 6.18 Å². The van der Waals surface area contributed by atoms with Gasteiger partial charge in [0.25, 0.3) is 0 Å². The molecule has 0 unspecified atom stereocenters. The van der Waals surface area contributed by atoms with Crippen LogP contribution in [0.25, 0.3) is 0 Å². The quantitative estimate of drug-likeness (QED) is 0.631. The third-order valence-corrected chi connectivity index (χ3v) is 3.06. The van der Waals surface area contributed by atoms with Crippen LogP contribution in [-0.4, -0.2) is 50.1 Å². The van der Waals surface area contributed by atoms with Gasteiger partial charge in [-0.3, -0.25) is 9.79 Å². The Morgan fingerprint density at radius 2 is 2.04 bits per heavy atom. The number of rotatable bonds is 5. The lowest BCUT2D eigenvalue weighted by molar-refractivity contribution is -0.157.